The van der Waals surface area contributed by atoms with Crippen LogP contribution in [0.5, 0.6) is 5.75 Å². The molecular formula is C12H9Cl2FN2O2. The van der Waals surface area contributed by atoms with Gasteiger partial charge in [-0.2, -0.15) is 0 Å². The molecule has 0 saturated heterocycles. The van der Waals surface area contributed by atoms with Crippen LogP contribution in [0.15, 0.2) is 29.3 Å². The Kier molecular flexibility index (Phi) is 4.07. The molecule has 0 saturated carbocycles. The number of hydrogen-bond acceptors (Lipinski definition) is 3. The van der Waals surface area contributed by atoms with E-state index in [-0.39, 0.29) is 28.0 Å². The molecule has 1 aromatic heterocycles. The lowest BCUT2D eigenvalue weighted by molar-refractivity contribution is 0.400. The molecule has 100 valence electrons. The van der Waals surface area contributed by atoms with Crippen molar-refractivity contribution >= 4 is 23.2 Å². The maximum Gasteiger partial charge on any atom is 0.297 e. The molecule has 0 aliphatic rings. The number of rotatable bonds is 3. The van der Waals surface area contributed by atoms with Crippen LogP contribution in [0.2, 0.25) is 10.2 Å². The minimum Gasteiger partial charge on any atom is -0.489 e. The number of hydrogen-bond donors (Lipinski definition) is 0. The van der Waals surface area contributed by atoms with Crippen LogP contribution in [0.25, 0.3) is 0 Å². The van der Waals surface area contributed by atoms with Crippen molar-refractivity contribution in [1.82, 2.24) is 9.55 Å². The van der Waals surface area contributed by atoms with Gasteiger partial charge in [0.05, 0.1) is 20.0 Å². The monoisotopic (exact) mass is 302 g/mol. The van der Waals surface area contributed by atoms with E-state index in [0.717, 1.165) is 0 Å². The molecule has 0 unspecified atom stereocenters. The average Bonchev–Trinajstić information content (AvgIpc) is 2.37. The molecule has 0 spiro atoms. The van der Waals surface area contributed by atoms with E-state index in [2.05, 4.69) is 4.98 Å². The SMILES string of the molecule is COc1c(Cl)ncn(Cc2c(F)cccc2Cl)c1=O. The van der Waals surface area contributed by atoms with Gasteiger partial charge in [-0.05, 0) is 12.1 Å². The largest absolute Gasteiger partial charge is 0.489 e. The molecular weight excluding hydrogens is 294 g/mol. The van der Waals surface area contributed by atoms with Crippen LogP contribution in [0.1, 0.15) is 5.56 Å². The molecule has 2 aromatic rings. The van der Waals surface area contributed by atoms with Gasteiger partial charge in [0.1, 0.15) is 5.82 Å². The van der Waals surface area contributed by atoms with Crippen LogP contribution >= 0.6 is 23.2 Å². The van der Waals surface area contributed by atoms with Crippen molar-refractivity contribution in [2.75, 3.05) is 7.11 Å². The molecule has 0 aliphatic heterocycles. The number of methoxy groups -OCH3 is 1. The average molecular weight is 303 g/mol. The second kappa shape index (κ2) is 5.59. The van der Waals surface area contributed by atoms with Gasteiger partial charge in [0.2, 0.25) is 5.75 Å². The molecule has 0 radical (unpaired) electrons. The minimum atomic E-state index is -0.498. The van der Waals surface area contributed by atoms with Gasteiger partial charge >= 0.3 is 0 Å². The fourth-order valence-corrected chi connectivity index (χ4v) is 2.01. The van der Waals surface area contributed by atoms with Crippen LogP contribution < -0.4 is 10.3 Å². The van der Waals surface area contributed by atoms with Crippen LogP contribution in [0.3, 0.4) is 0 Å². The molecule has 19 heavy (non-hydrogen) atoms. The van der Waals surface area contributed by atoms with E-state index in [9.17, 15) is 9.18 Å². The molecule has 0 amide bonds. The predicted octanol–water partition coefficient (Wildman–Crippen LogP) is 2.75. The van der Waals surface area contributed by atoms with Crippen molar-refractivity contribution in [2.45, 2.75) is 6.54 Å². The first-order valence-corrected chi connectivity index (χ1v) is 6.02. The van der Waals surface area contributed by atoms with Gasteiger partial charge < -0.3 is 4.74 Å². The zero-order chi connectivity index (χ0) is 14.0. The molecule has 0 fully saturated rings. The predicted molar refractivity (Wildman–Crippen MR) is 70.6 cm³/mol. The summed E-state index contributed by atoms with van der Waals surface area (Å²) in [5, 5.41) is 0.198. The number of halogens is 3. The molecule has 7 heteroatoms. The van der Waals surface area contributed by atoms with Crippen molar-refractivity contribution in [3.05, 3.63) is 56.4 Å². The summed E-state index contributed by atoms with van der Waals surface area (Å²) in [6, 6.07) is 4.31. The van der Waals surface area contributed by atoms with E-state index in [1.165, 1.54) is 30.1 Å². The molecule has 0 N–H and O–H groups in total. The standard InChI is InChI=1S/C12H9Cl2FN2O2/c1-19-10-11(14)16-6-17(12(10)18)5-7-8(13)3-2-4-9(7)15/h2-4,6H,5H2,1H3. The first-order chi connectivity index (χ1) is 9.04. The molecule has 4 nitrogen and oxygen atoms in total. The van der Waals surface area contributed by atoms with Gasteiger partial charge in [-0.3, -0.25) is 9.36 Å². The number of nitrogens with zero attached hydrogens (tertiary/aromatic N) is 2. The fourth-order valence-electron chi connectivity index (χ4n) is 1.59. The molecule has 0 aliphatic carbocycles. The fraction of sp³-hybridized carbons (Fsp3) is 0.167. The molecule has 2 rings (SSSR count). The third kappa shape index (κ3) is 2.72. The van der Waals surface area contributed by atoms with Gasteiger partial charge in [0, 0.05) is 10.6 Å². The Balaban J connectivity index is 2.48. The van der Waals surface area contributed by atoms with Gasteiger partial charge in [0.25, 0.3) is 5.56 Å². The first-order valence-electron chi connectivity index (χ1n) is 5.26. The Morgan fingerprint density at radius 1 is 1.42 bits per heavy atom. The smallest absolute Gasteiger partial charge is 0.297 e. The van der Waals surface area contributed by atoms with Crippen molar-refractivity contribution < 1.29 is 9.13 Å². The number of benzene rings is 1. The Hall–Kier alpha value is -1.59. The zero-order valence-electron chi connectivity index (χ0n) is 9.86. The van der Waals surface area contributed by atoms with E-state index in [0.29, 0.717) is 0 Å². The maximum atomic E-state index is 13.7. The highest BCUT2D eigenvalue weighted by atomic mass is 35.5. The topological polar surface area (TPSA) is 44.1 Å². The molecule has 0 atom stereocenters. The highest BCUT2D eigenvalue weighted by Gasteiger charge is 2.13. The van der Waals surface area contributed by atoms with Crippen LogP contribution in [0, 0.1) is 5.82 Å². The Morgan fingerprint density at radius 3 is 2.79 bits per heavy atom. The van der Waals surface area contributed by atoms with Gasteiger partial charge in [-0.25, -0.2) is 9.37 Å². The Labute approximate surface area is 118 Å². The first kappa shape index (κ1) is 13.8. The lowest BCUT2D eigenvalue weighted by Crippen LogP contribution is -2.23. The van der Waals surface area contributed by atoms with Crippen LogP contribution in [-0.4, -0.2) is 16.7 Å². The highest BCUT2D eigenvalue weighted by Crippen LogP contribution is 2.20. The van der Waals surface area contributed by atoms with Crippen LogP contribution in [-0.2, 0) is 6.54 Å². The molecule has 1 heterocycles. The Morgan fingerprint density at radius 2 is 2.16 bits per heavy atom. The zero-order valence-corrected chi connectivity index (χ0v) is 11.4. The van der Waals surface area contributed by atoms with Crippen molar-refractivity contribution in [3.8, 4) is 5.75 Å². The summed E-state index contributed by atoms with van der Waals surface area (Å²) in [5.74, 6) is -0.579. The lowest BCUT2D eigenvalue weighted by Gasteiger charge is -2.10. The Bertz CT molecular complexity index is 653. The molecule has 1 aromatic carbocycles. The van der Waals surface area contributed by atoms with Crippen molar-refractivity contribution in [2.24, 2.45) is 0 Å². The van der Waals surface area contributed by atoms with Crippen LogP contribution in [0.4, 0.5) is 4.39 Å². The van der Waals surface area contributed by atoms with Gasteiger partial charge in [0.15, 0.2) is 5.15 Å². The second-order valence-electron chi connectivity index (χ2n) is 3.70. The van der Waals surface area contributed by atoms with E-state index < -0.39 is 11.4 Å². The number of aromatic nitrogens is 2. The van der Waals surface area contributed by atoms with Crippen molar-refractivity contribution in [1.29, 1.82) is 0 Å². The molecule has 0 bridgehead atoms. The van der Waals surface area contributed by atoms with E-state index in [1.807, 2.05) is 0 Å². The third-order valence-electron chi connectivity index (χ3n) is 2.55. The van der Waals surface area contributed by atoms with Gasteiger partial charge in [-0.1, -0.05) is 29.3 Å². The summed E-state index contributed by atoms with van der Waals surface area (Å²) in [5.41, 5.74) is -0.292. The van der Waals surface area contributed by atoms with Gasteiger partial charge in [-0.15, -0.1) is 0 Å². The number of ether oxygens (including phenoxy) is 1. The van der Waals surface area contributed by atoms with E-state index in [4.69, 9.17) is 27.9 Å². The normalized spacial score (nSPS) is 10.5. The quantitative estimate of drug-likeness (QED) is 0.819. The minimum absolute atomic E-state index is 0.0385. The summed E-state index contributed by atoms with van der Waals surface area (Å²) in [4.78, 5) is 15.8. The summed E-state index contributed by atoms with van der Waals surface area (Å²) < 4.78 is 19.7. The van der Waals surface area contributed by atoms with Crippen molar-refractivity contribution in [3.63, 3.8) is 0 Å². The summed E-state index contributed by atoms with van der Waals surface area (Å²) in [6.07, 6.45) is 1.22. The summed E-state index contributed by atoms with van der Waals surface area (Å²) in [6.45, 7) is -0.0507. The third-order valence-corrected chi connectivity index (χ3v) is 3.17. The van der Waals surface area contributed by atoms with E-state index >= 15 is 0 Å². The second-order valence-corrected chi connectivity index (χ2v) is 4.47. The summed E-state index contributed by atoms with van der Waals surface area (Å²) in [7, 11) is 1.31. The van der Waals surface area contributed by atoms with E-state index in [1.54, 1.807) is 6.07 Å². The highest BCUT2D eigenvalue weighted by molar-refractivity contribution is 6.31. The lowest BCUT2D eigenvalue weighted by atomic mass is 10.2. The summed E-state index contributed by atoms with van der Waals surface area (Å²) >= 11 is 11.6. The maximum absolute atomic E-state index is 13.7.